The molecule has 10 heteroatoms. The van der Waals surface area contributed by atoms with Crippen LogP contribution in [0.4, 0.5) is 0 Å². The first-order valence-corrected chi connectivity index (χ1v) is 10.2. The zero-order valence-electron chi connectivity index (χ0n) is 18.7. The van der Waals surface area contributed by atoms with Crippen molar-refractivity contribution < 1.29 is 47.6 Å². The van der Waals surface area contributed by atoms with Gasteiger partial charge in [0.25, 0.3) is 0 Å². The minimum atomic E-state index is -1.27. The summed E-state index contributed by atoms with van der Waals surface area (Å²) in [7, 11) is 0. The number of carbonyl (C=O) groups excluding carboxylic acids is 4. The van der Waals surface area contributed by atoms with E-state index in [-0.39, 0.29) is 6.61 Å². The van der Waals surface area contributed by atoms with Crippen molar-refractivity contribution in [3.05, 3.63) is 29.8 Å². The predicted octanol–water partition coefficient (Wildman–Crippen LogP) is 1.71. The Labute approximate surface area is 186 Å². The lowest BCUT2D eigenvalue weighted by atomic mass is 9.98. The van der Waals surface area contributed by atoms with Gasteiger partial charge in [0.15, 0.2) is 12.2 Å². The highest BCUT2D eigenvalue weighted by molar-refractivity contribution is 5.68. The molecule has 1 heterocycles. The summed E-state index contributed by atoms with van der Waals surface area (Å²) in [4.78, 5) is 46.7. The second kappa shape index (κ2) is 11.5. The van der Waals surface area contributed by atoms with Gasteiger partial charge in [-0.15, -0.1) is 0 Å². The third-order valence-electron chi connectivity index (χ3n) is 4.51. The molecular formula is C22H28O10. The second-order valence-corrected chi connectivity index (χ2v) is 7.19. The lowest BCUT2D eigenvalue weighted by Gasteiger charge is -2.43. The molecule has 2 rings (SSSR count). The van der Waals surface area contributed by atoms with Crippen molar-refractivity contribution in [3.63, 3.8) is 0 Å². The summed E-state index contributed by atoms with van der Waals surface area (Å²) >= 11 is 0. The maximum Gasteiger partial charge on any atom is 0.303 e. The Balaban J connectivity index is 2.45. The van der Waals surface area contributed by atoms with Gasteiger partial charge in [0, 0.05) is 27.7 Å². The van der Waals surface area contributed by atoms with Gasteiger partial charge in [-0.05, 0) is 24.1 Å². The van der Waals surface area contributed by atoms with Crippen LogP contribution in [0.5, 0.6) is 5.75 Å². The Morgan fingerprint density at radius 2 is 1.44 bits per heavy atom. The molecule has 1 aliphatic rings. The summed E-state index contributed by atoms with van der Waals surface area (Å²) in [5, 5.41) is 0. The van der Waals surface area contributed by atoms with E-state index in [2.05, 4.69) is 0 Å². The second-order valence-electron chi connectivity index (χ2n) is 7.19. The number of benzene rings is 1. The van der Waals surface area contributed by atoms with Gasteiger partial charge in [-0.25, -0.2) is 0 Å². The van der Waals surface area contributed by atoms with Crippen LogP contribution in [-0.2, 0) is 49.3 Å². The smallest absolute Gasteiger partial charge is 0.303 e. The van der Waals surface area contributed by atoms with Gasteiger partial charge in [0.2, 0.25) is 12.4 Å². The fraction of sp³-hybridized carbons (Fsp3) is 0.545. The van der Waals surface area contributed by atoms with E-state index in [0.717, 1.165) is 25.8 Å². The number of hydrogen-bond donors (Lipinski definition) is 0. The first kappa shape index (κ1) is 25.1. The fourth-order valence-electron chi connectivity index (χ4n) is 3.26. The average molecular weight is 452 g/mol. The Morgan fingerprint density at radius 3 is 2.00 bits per heavy atom. The van der Waals surface area contributed by atoms with Crippen molar-refractivity contribution in [2.45, 2.75) is 71.7 Å². The summed E-state index contributed by atoms with van der Waals surface area (Å²) in [6.45, 7) is 6.37. The number of aryl methyl sites for hydroxylation is 1. The molecule has 0 amide bonds. The molecule has 0 aliphatic carbocycles. The number of hydrogen-bond acceptors (Lipinski definition) is 10. The monoisotopic (exact) mass is 452 g/mol. The molecule has 0 bridgehead atoms. The number of rotatable bonds is 8. The van der Waals surface area contributed by atoms with E-state index < -0.39 is 54.6 Å². The van der Waals surface area contributed by atoms with E-state index in [1.165, 1.54) is 13.8 Å². The van der Waals surface area contributed by atoms with E-state index in [9.17, 15) is 19.2 Å². The summed E-state index contributed by atoms with van der Waals surface area (Å²) in [6, 6.07) is 7.18. The number of carbonyl (C=O) groups is 4. The Hall–Kier alpha value is -3.14. The van der Waals surface area contributed by atoms with Gasteiger partial charge in [-0.3, -0.25) is 19.2 Å². The van der Waals surface area contributed by atoms with Gasteiger partial charge in [-0.2, -0.15) is 0 Å². The van der Waals surface area contributed by atoms with Gasteiger partial charge >= 0.3 is 23.9 Å². The molecule has 5 atom stereocenters. The van der Waals surface area contributed by atoms with Crippen LogP contribution < -0.4 is 4.74 Å². The third kappa shape index (κ3) is 7.23. The lowest BCUT2D eigenvalue weighted by molar-refractivity contribution is -0.288. The molecule has 0 N–H and O–H groups in total. The predicted molar refractivity (Wildman–Crippen MR) is 108 cm³/mol. The maximum atomic E-state index is 11.8. The fourth-order valence-corrected chi connectivity index (χ4v) is 3.26. The number of esters is 4. The van der Waals surface area contributed by atoms with Crippen LogP contribution in [0.3, 0.4) is 0 Å². The molecule has 1 saturated heterocycles. The highest BCUT2D eigenvalue weighted by Crippen LogP contribution is 2.31. The summed E-state index contributed by atoms with van der Waals surface area (Å²) in [6.07, 6.45) is -5.30. The van der Waals surface area contributed by atoms with Crippen molar-refractivity contribution in [2.24, 2.45) is 0 Å². The molecule has 1 aromatic rings. The summed E-state index contributed by atoms with van der Waals surface area (Å²) in [5.41, 5.74) is 0.994. The molecule has 1 fully saturated rings. The Bertz CT molecular complexity index is 836. The Morgan fingerprint density at radius 1 is 0.844 bits per heavy atom. The van der Waals surface area contributed by atoms with E-state index in [0.29, 0.717) is 5.75 Å². The molecule has 1 aliphatic heterocycles. The highest BCUT2D eigenvalue weighted by Gasteiger charge is 2.53. The van der Waals surface area contributed by atoms with Crippen LogP contribution in [0.25, 0.3) is 0 Å². The molecule has 10 nitrogen and oxygen atoms in total. The van der Waals surface area contributed by atoms with E-state index in [1.54, 1.807) is 18.2 Å². The Kier molecular flexibility index (Phi) is 9.01. The van der Waals surface area contributed by atoms with Crippen LogP contribution in [0, 0.1) is 0 Å². The standard InChI is InChI=1S/C22H28O10/c1-6-16-8-7-9-17(10-16)31-22-21(30-15(5)26)20(29-14(4)25)19(28-13(3)24)18(32-22)11-27-12(2)23/h7-10,18-22H,6,11H2,1-5H3/t18-,19-,20+,21+,22?/m0/s1. The van der Waals surface area contributed by atoms with Crippen molar-refractivity contribution in [1.29, 1.82) is 0 Å². The van der Waals surface area contributed by atoms with Gasteiger partial charge < -0.3 is 28.4 Å². The van der Waals surface area contributed by atoms with Crippen LogP contribution in [0.1, 0.15) is 40.2 Å². The molecule has 0 spiro atoms. The van der Waals surface area contributed by atoms with Crippen LogP contribution in [0.15, 0.2) is 24.3 Å². The third-order valence-corrected chi connectivity index (χ3v) is 4.51. The van der Waals surface area contributed by atoms with E-state index >= 15 is 0 Å². The molecule has 0 radical (unpaired) electrons. The molecule has 1 unspecified atom stereocenters. The molecule has 1 aromatic carbocycles. The zero-order valence-corrected chi connectivity index (χ0v) is 18.7. The van der Waals surface area contributed by atoms with Gasteiger partial charge in [-0.1, -0.05) is 19.1 Å². The number of ether oxygens (including phenoxy) is 6. The van der Waals surface area contributed by atoms with Crippen LogP contribution in [-0.4, -0.2) is 61.2 Å². The largest absolute Gasteiger partial charge is 0.463 e. The normalized spacial score (nSPS) is 24.7. The molecule has 0 aromatic heterocycles. The lowest BCUT2D eigenvalue weighted by Crippen LogP contribution is -2.63. The SMILES string of the molecule is CCc1cccc(OC2O[C@@H](COC(C)=O)[C@H](OC(C)=O)[C@@H](OC(C)=O)[C@H]2OC(C)=O)c1. The quantitative estimate of drug-likeness (QED) is 0.425. The van der Waals surface area contributed by atoms with Gasteiger partial charge in [0.05, 0.1) is 0 Å². The van der Waals surface area contributed by atoms with Crippen molar-refractivity contribution >= 4 is 23.9 Å². The first-order valence-electron chi connectivity index (χ1n) is 10.2. The van der Waals surface area contributed by atoms with Gasteiger partial charge in [0.1, 0.15) is 18.5 Å². The van der Waals surface area contributed by atoms with Crippen molar-refractivity contribution in [3.8, 4) is 5.75 Å². The molecular weight excluding hydrogens is 424 g/mol. The summed E-state index contributed by atoms with van der Waals surface area (Å²) < 4.78 is 32.9. The molecule has 0 saturated carbocycles. The van der Waals surface area contributed by atoms with Crippen molar-refractivity contribution in [2.75, 3.05) is 6.61 Å². The van der Waals surface area contributed by atoms with Crippen LogP contribution >= 0.6 is 0 Å². The topological polar surface area (TPSA) is 124 Å². The molecule has 32 heavy (non-hydrogen) atoms. The van der Waals surface area contributed by atoms with Crippen molar-refractivity contribution in [1.82, 2.24) is 0 Å². The first-order chi connectivity index (χ1) is 15.1. The maximum absolute atomic E-state index is 11.8. The highest BCUT2D eigenvalue weighted by atomic mass is 16.7. The zero-order chi connectivity index (χ0) is 23.8. The van der Waals surface area contributed by atoms with E-state index in [1.807, 2.05) is 13.0 Å². The van der Waals surface area contributed by atoms with E-state index in [4.69, 9.17) is 28.4 Å². The minimum absolute atomic E-state index is 0.313. The van der Waals surface area contributed by atoms with Crippen LogP contribution in [0.2, 0.25) is 0 Å². The molecule has 176 valence electrons. The summed E-state index contributed by atoms with van der Waals surface area (Å²) in [5.74, 6) is -2.25. The average Bonchev–Trinajstić information content (AvgIpc) is 2.70. The minimum Gasteiger partial charge on any atom is -0.463 e.